The first-order valence-electron chi connectivity index (χ1n) is 11.6. The number of nitrogens with zero attached hydrogens (tertiary/aromatic N) is 4. The molecular weight excluding hydrogens is 386 g/mol. The first-order chi connectivity index (χ1) is 15.3. The second kappa shape index (κ2) is 10.6. The molecular formula is C25H35N5O. The molecule has 0 aliphatic carbocycles. The van der Waals surface area contributed by atoms with E-state index in [0.717, 1.165) is 64.1 Å². The van der Waals surface area contributed by atoms with Crippen LogP contribution in [0.4, 0.5) is 5.82 Å². The molecule has 4 rings (SSSR count). The Kier molecular flexibility index (Phi) is 7.41. The van der Waals surface area contributed by atoms with Crippen LogP contribution in [0.5, 0.6) is 0 Å². The van der Waals surface area contributed by atoms with Crippen LogP contribution in [0.1, 0.15) is 36.8 Å². The van der Waals surface area contributed by atoms with Gasteiger partial charge in [-0.3, -0.25) is 4.99 Å². The third kappa shape index (κ3) is 5.18. The highest BCUT2D eigenvalue weighted by Crippen LogP contribution is 2.34. The molecule has 2 aliphatic heterocycles. The van der Waals surface area contributed by atoms with Gasteiger partial charge in [-0.2, -0.15) is 0 Å². The molecule has 1 N–H and O–H groups in total. The van der Waals surface area contributed by atoms with E-state index in [0.29, 0.717) is 11.8 Å². The molecule has 31 heavy (non-hydrogen) atoms. The summed E-state index contributed by atoms with van der Waals surface area (Å²) in [5.74, 6) is 3.31. The van der Waals surface area contributed by atoms with Crippen LogP contribution >= 0.6 is 0 Å². The molecule has 6 heteroatoms. The SMILES string of the molecule is CCC1CN(C(=NC)NCc2cccnc2N2CCOCC2)CCC1c1ccccc1. The fourth-order valence-electron chi connectivity index (χ4n) is 4.91. The minimum Gasteiger partial charge on any atom is -0.378 e. The topological polar surface area (TPSA) is 53.0 Å². The van der Waals surface area contributed by atoms with E-state index in [9.17, 15) is 0 Å². The Labute approximate surface area is 186 Å². The van der Waals surface area contributed by atoms with Crippen LogP contribution in [-0.4, -0.2) is 62.3 Å². The van der Waals surface area contributed by atoms with Gasteiger partial charge in [0.05, 0.1) is 13.2 Å². The van der Waals surface area contributed by atoms with Crippen LogP contribution in [0.25, 0.3) is 0 Å². The summed E-state index contributed by atoms with van der Waals surface area (Å²) in [6.07, 6.45) is 4.22. The summed E-state index contributed by atoms with van der Waals surface area (Å²) < 4.78 is 5.51. The highest BCUT2D eigenvalue weighted by atomic mass is 16.5. The number of hydrogen-bond acceptors (Lipinski definition) is 4. The normalized spacial score (nSPS) is 22.5. The monoisotopic (exact) mass is 421 g/mol. The lowest BCUT2D eigenvalue weighted by Gasteiger charge is -2.40. The minimum atomic E-state index is 0.631. The van der Waals surface area contributed by atoms with Crippen LogP contribution < -0.4 is 10.2 Å². The van der Waals surface area contributed by atoms with Crippen LogP contribution in [-0.2, 0) is 11.3 Å². The third-order valence-electron chi connectivity index (χ3n) is 6.61. The Morgan fingerprint density at radius 2 is 1.94 bits per heavy atom. The van der Waals surface area contributed by atoms with E-state index in [-0.39, 0.29) is 0 Å². The molecule has 2 aromatic rings. The zero-order valence-electron chi connectivity index (χ0n) is 18.8. The van der Waals surface area contributed by atoms with Gasteiger partial charge in [0.15, 0.2) is 5.96 Å². The number of aliphatic imine (C=N–C) groups is 1. The lowest BCUT2D eigenvalue weighted by molar-refractivity contribution is 0.122. The van der Waals surface area contributed by atoms with Gasteiger partial charge in [-0.25, -0.2) is 4.98 Å². The molecule has 0 radical (unpaired) electrons. The van der Waals surface area contributed by atoms with Crippen LogP contribution in [0, 0.1) is 5.92 Å². The summed E-state index contributed by atoms with van der Waals surface area (Å²) in [5, 5.41) is 3.61. The quantitative estimate of drug-likeness (QED) is 0.591. The molecule has 1 aromatic heterocycles. The summed E-state index contributed by atoms with van der Waals surface area (Å²) in [6.45, 7) is 8.42. The number of guanidine groups is 1. The van der Waals surface area contributed by atoms with Crippen molar-refractivity contribution in [1.82, 2.24) is 15.2 Å². The third-order valence-corrected chi connectivity index (χ3v) is 6.61. The number of anilines is 1. The highest BCUT2D eigenvalue weighted by molar-refractivity contribution is 5.80. The standard InChI is InChI=1S/C25H35N5O/c1-3-20-19-30(13-11-23(20)21-8-5-4-6-9-21)25(26-2)28-18-22-10-7-12-27-24(22)29-14-16-31-17-15-29/h4-10,12,20,23H,3,11,13-19H2,1-2H3,(H,26,28). The van der Waals surface area contributed by atoms with E-state index >= 15 is 0 Å². The van der Waals surface area contributed by atoms with Crippen molar-refractivity contribution in [2.24, 2.45) is 10.9 Å². The van der Waals surface area contributed by atoms with Crippen LogP contribution in [0.15, 0.2) is 53.7 Å². The van der Waals surface area contributed by atoms with E-state index in [1.54, 1.807) is 0 Å². The first-order valence-corrected chi connectivity index (χ1v) is 11.6. The van der Waals surface area contributed by atoms with Gasteiger partial charge >= 0.3 is 0 Å². The van der Waals surface area contributed by atoms with Gasteiger partial charge in [-0.15, -0.1) is 0 Å². The van der Waals surface area contributed by atoms with Gasteiger partial charge < -0.3 is 19.9 Å². The number of piperidine rings is 1. The molecule has 0 saturated carbocycles. The van der Waals surface area contributed by atoms with E-state index in [1.165, 1.54) is 17.5 Å². The lowest BCUT2D eigenvalue weighted by Crippen LogP contribution is -2.48. The zero-order valence-corrected chi connectivity index (χ0v) is 18.8. The largest absolute Gasteiger partial charge is 0.378 e. The van der Waals surface area contributed by atoms with E-state index in [4.69, 9.17) is 4.74 Å². The van der Waals surface area contributed by atoms with Gasteiger partial charge in [0.1, 0.15) is 5.82 Å². The molecule has 2 atom stereocenters. The molecule has 0 bridgehead atoms. The fraction of sp³-hybridized carbons (Fsp3) is 0.520. The van der Waals surface area contributed by atoms with E-state index < -0.39 is 0 Å². The van der Waals surface area contributed by atoms with Gasteiger partial charge in [0.25, 0.3) is 0 Å². The van der Waals surface area contributed by atoms with Crippen molar-refractivity contribution in [3.8, 4) is 0 Å². The maximum atomic E-state index is 5.51. The predicted octanol–water partition coefficient (Wildman–Crippen LogP) is 3.51. The van der Waals surface area contributed by atoms with Crippen molar-refractivity contribution < 1.29 is 4.74 Å². The molecule has 2 saturated heterocycles. The average molecular weight is 422 g/mol. The molecule has 1 aromatic carbocycles. The number of rotatable bonds is 5. The summed E-state index contributed by atoms with van der Waals surface area (Å²) in [7, 11) is 1.89. The number of ether oxygens (including phenoxy) is 1. The zero-order chi connectivity index (χ0) is 21.5. The van der Waals surface area contributed by atoms with Crippen molar-refractivity contribution in [2.75, 3.05) is 51.3 Å². The van der Waals surface area contributed by atoms with Crippen LogP contribution in [0.2, 0.25) is 0 Å². The number of benzene rings is 1. The average Bonchev–Trinajstić information content (AvgIpc) is 2.85. The molecule has 6 nitrogen and oxygen atoms in total. The number of morpholine rings is 1. The molecule has 2 aliphatic rings. The van der Waals surface area contributed by atoms with Gasteiger partial charge in [0.2, 0.25) is 0 Å². The maximum absolute atomic E-state index is 5.51. The van der Waals surface area contributed by atoms with Crippen LogP contribution in [0.3, 0.4) is 0 Å². The van der Waals surface area contributed by atoms with Gasteiger partial charge in [0, 0.05) is 51.5 Å². The number of likely N-dealkylation sites (tertiary alicyclic amines) is 1. The summed E-state index contributed by atoms with van der Waals surface area (Å²) >= 11 is 0. The second-order valence-electron chi connectivity index (χ2n) is 8.41. The summed E-state index contributed by atoms with van der Waals surface area (Å²) in [5.41, 5.74) is 2.68. The smallest absolute Gasteiger partial charge is 0.193 e. The van der Waals surface area contributed by atoms with E-state index in [1.807, 2.05) is 19.3 Å². The van der Waals surface area contributed by atoms with Crippen molar-refractivity contribution in [3.05, 3.63) is 59.8 Å². The van der Waals surface area contributed by atoms with Gasteiger partial charge in [-0.05, 0) is 29.9 Å². The predicted molar refractivity (Wildman–Crippen MR) is 127 cm³/mol. The molecule has 0 spiro atoms. The summed E-state index contributed by atoms with van der Waals surface area (Å²) in [4.78, 5) is 14.0. The fourth-order valence-corrected chi connectivity index (χ4v) is 4.91. The van der Waals surface area contributed by atoms with Crippen molar-refractivity contribution >= 4 is 11.8 Å². The highest BCUT2D eigenvalue weighted by Gasteiger charge is 2.30. The van der Waals surface area contributed by atoms with Gasteiger partial charge in [-0.1, -0.05) is 49.7 Å². The molecule has 2 fully saturated rings. The number of nitrogens with one attached hydrogen (secondary N) is 1. The molecule has 3 heterocycles. The van der Waals surface area contributed by atoms with Crippen molar-refractivity contribution in [3.63, 3.8) is 0 Å². The first kappa shape index (κ1) is 21.6. The summed E-state index contributed by atoms with van der Waals surface area (Å²) in [6, 6.07) is 15.2. The van der Waals surface area contributed by atoms with Crippen molar-refractivity contribution in [1.29, 1.82) is 0 Å². The Bertz CT molecular complexity index is 850. The maximum Gasteiger partial charge on any atom is 0.193 e. The molecule has 2 unspecified atom stereocenters. The number of pyridine rings is 1. The second-order valence-corrected chi connectivity index (χ2v) is 8.41. The Morgan fingerprint density at radius 3 is 2.68 bits per heavy atom. The Morgan fingerprint density at radius 1 is 1.13 bits per heavy atom. The Hall–Kier alpha value is -2.60. The van der Waals surface area contributed by atoms with Crippen molar-refractivity contribution in [2.45, 2.75) is 32.2 Å². The number of aromatic nitrogens is 1. The Balaban J connectivity index is 1.40. The molecule has 166 valence electrons. The van der Waals surface area contributed by atoms with E-state index in [2.05, 4.69) is 68.4 Å². The number of hydrogen-bond donors (Lipinski definition) is 1. The lowest BCUT2D eigenvalue weighted by atomic mass is 9.79. The molecule has 0 amide bonds. The minimum absolute atomic E-state index is 0.631.